The minimum absolute atomic E-state index is 0. The van der Waals surface area contributed by atoms with E-state index in [9.17, 15) is 0 Å². The maximum Gasteiger partial charge on any atom is 0.387 e. The van der Waals surface area contributed by atoms with E-state index in [4.69, 9.17) is 29.9 Å². The Morgan fingerprint density at radius 1 is 0.839 bits per heavy atom. The van der Waals surface area contributed by atoms with Gasteiger partial charge in [0, 0.05) is 23.1 Å². The topological polar surface area (TPSA) is 74.0 Å². The van der Waals surface area contributed by atoms with E-state index in [0.29, 0.717) is 12.6 Å². The zero-order valence-electron chi connectivity index (χ0n) is 16.2. The van der Waals surface area contributed by atoms with Gasteiger partial charge in [0.15, 0.2) is 0 Å². The van der Waals surface area contributed by atoms with Crippen LogP contribution in [0.3, 0.4) is 0 Å². The Bertz CT molecular complexity index is 1040. The number of rotatable bonds is 2. The summed E-state index contributed by atoms with van der Waals surface area (Å²) in [6, 6.07) is 15.3. The van der Waals surface area contributed by atoms with Gasteiger partial charge in [-0.3, -0.25) is 9.05 Å². The summed E-state index contributed by atoms with van der Waals surface area (Å²) in [6.07, 6.45) is 0.972. The van der Waals surface area contributed by atoms with Crippen molar-refractivity contribution in [2.24, 2.45) is 13.5 Å². The second-order valence-electron chi connectivity index (χ2n) is 6.71. The molecule has 1 fully saturated rings. The van der Waals surface area contributed by atoms with Gasteiger partial charge < -0.3 is 39.4 Å². The average Bonchev–Trinajstić information content (AvgIpc) is 3.41. The Morgan fingerprint density at radius 3 is 1.90 bits per heavy atom. The molecular weight excluding hydrogens is 548 g/mol. The van der Waals surface area contributed by atoms with Crippen molar-refractivity contribution in [1.82, 2.24) is 0 Å². The van der Waals surface area contributed by atoms with Crippen molar-refractivity contribution in [3.8, 4) is 0 Å². The molecule has 1 spiro atoms. The second-order valence-corrected chi connectivity index (χ2v) is 18.0. The van der Waals surface area contributed by atoms with E-state index >= 15 is 8.39 Å². The molecule has 2 aromatic carbocycles. The normalized spacial score (nSPS) is 33.7. The van der Waals surface area contributed by atoms with Gasteiger partial charge in [-0.05, 0) is 12.6 Å². The maximum absolute atomic E-state index is 15.2. The van der Waals surface area contributed by atoms with E-state index in [0.717, 1.165) is 5.56 Å². The Kier molecular flexibility index (Phi) is 8.91. The number of hydrogen-bond acceptors (Lipinski definition) is 8. The number of halogens is 2. The minimum atomic E-state index is -4.29. The molecule has 0 radical (unpaired) electrons. The van der Waals surface area contributed by atoms with Crippen LogP contribution >= 0.6 is 29.2 Å². The minimum Gasteiger partial charge on any atom is -0.748 e. The van der Waals surface area contributed by atoms with Gasteiger partial charge in [0.25, 0.3) is 0 Å². The van der Waals surface area contributed by atoms with E-state index in [1.54, 1.807) is 0 Å². The third-order valence-corrected chi connectivity index (χ3v) is 15.0. The molecule has 31 heavy (non-hydrogen) atoms. The van der Waals surface area contributed by atoms with E-state index in [1.165, 1.54) is 0 Å². The summed E-state index contributed by atoms with van der Waals surface area (Å²) in [6.45, 7) is 0.547. The molecule has 0 saturated carbocycles. The van der Waals surface area contributed by atoms with Crippen molar-refractivity contribution in [2.75, 3.05) is 25.9 Å². The van der Waals surface area contributed by atoms with Gasteiger partial charge in [0.1, 0.15) is 0 Å². The first-order chi connectivity index (χ1) is 14.3. The Hall–Kier alpha value is 0.259. The number of hydrogen-bond donors (Lipinski definition) is 0. The van der Waals surface area contributed by atoms with E-state index < -0.39 is 29.2 Å². The largest absolute Gasteiger partial charge is 0.748 e. The molecule has 3 aliphatic heterocycles. The molecule has 0 aliphatic carbocycles. The van der Waals surface area contributed by atoms with Crippen molar-refractivity contribution in [1.29, 1.82) is 0 Å². The molecule has 0 N–H and O–H groups in total. The monoisotopic (exact) mass is 569 g/mol. The van der Waals surface area contributed by atoms with Crippen LogP contribution in [0.15, 0.2) is 68.1 Å². The summed E-state index contributed by atoms with van der Waals surface area (Å²) >= 11 is 5.66. The third kappa shape index (κ3) is 6.88. The van der Waals surface area contributed by atoms with Crippen molar-refractivity contribution in [2.45, 2.75) is 12.6 Å². The molecular formula is C16H21F2FeN3O4P4S-6. The molecule has 5 rings (SSSR count). The summed E-state index contributed by atoms with van der Waals surface area (Å²) in [5.74, 6) is 0. The van der Waals surface area contributed by atoms with Crippen LogP contribution < -0.4 is 0 Å². The average molecular weight is 569 g/mol. The summed E-state index contributed by atoms with van der Waals surface area (Å²) < 4.78 is 63.1. The fourth-order valence-electron chi connectivity index (χ4n) is 2.80. The zero-order valence-corrected chi connectivity index (χ0v) is 21.7. The Labute approximate surface area is 196 Å². The fourth-order valence-corrected chi connectivity index (χ4v) is 15.3. The van der Waals surface area contributed by atoms with Crippen LogP contribution in [-0.2, 0) is 53.1 Å². The van der Waals surface area contributed by atoms with Gasteiger partial charge in [0.05, 0.1) is 25.9 Å². The van der Waals surface area contributed by atoms with Gasteiger partial charge >= 0.3 is 23.1 Å². The molecule has 2 bridgehead atoms. The molecule has 3 heterocycles. The van der Waals surface area contributed by atoms with Crippen LogP contribution in [0.4, 0.5) is 8.39 Å². The van der Waals surface area contributed by atoms with Gasteiger partial charge in [-0.2, -0.15) is 26.1 Å². The third-order valence-electron chi connectivity index (χ3n) is 4.15. The maximum atomic E-state index is 15.2. The quantitative estimate of drug-likeness (QED) is 0.208. The second kappa shape index (κ2) is 10.7. The van der Waals surface area contributed by atoms with E-state index in [2.05, 4.69) is 13.5 Å². The molecule has 3 aliphatic rings. The molecule has 178 valence electrons. The summed E-state index contributed by atoms with van der Waals surface area (Å²) in [7, 11) is -12.0. The van der Waals surface area contributed by atoms with Gasteiger partial charge in [-0.15, -0.1) is 13.5 Å². The van der Waals surface area contributed by atoms with Gasteiger partial charge in [0.2, 0.25) is 0 Å². The number of nitrogens with zero attached hydrogens (tertiary/aromatic N) is 3. The predicted molar refractivity (Wildman–Crippen MR) is 121 cm³/mol. The molecule has 2 aromatic rings. The van der Waals surface area contributed by atoms with Crippen LogP contribution in [0.1, 0.15) is 12.0 Å². The summed E-state index contributed by atoms with van der Waals surface area (Å²) in [4.78, 5) is 0. The SMILES string of the molecule is FP12=NP(F)(=NP3(=N1)OCCCO3)OCP(=S)(C[c-]1cccc1)CO2.[Fe].[cH-]1[cH-][cH-][cH-][cH-]1. The molecule has 0 amide bonds. The first-order valence-corrected chi connectivity index (χ1v) is 17.0. The summed E-state index contributed by atoms with van der Waals surface area (Å²) in [5, 5.41) is 0. The molecule has 1 saturated heterocycles. The smallest absolute Gasteiger partial charge is 0.387 e. The van der Waals surface area contributed by atoms with Crippen molar-refractivity contribution in [3.63, 3.8) is 0 Å². The Balaban J connectivity index is 0.000000401. The Morgan fingerprint density at radius 2 is 1.35 bits per heavy atom. The molecule has 3 atom stereocenters. The van der Waals surface area contributed by atoms with E-state index in [1.807, 2.05) is 54.6 Å². The fraction of sp³-hybridized carbons (Fsp3) is 0.375. The predicted octanol–water partition coefficient (Wildman–Crippen LogP) is 7.98. The van der Waals surface area contributed by atoms with Crippen LogP contribution in [0.5, 0.6) is 0 Å². The molecule has 0 aromatic heterocycles. The van der Waals surface area contributed by atoms with Gasteiger partial charge in [-0.25, -0.2) is 12.1 Å². The van der Waals surface area contributed by atoms with Crippen molar-refractivity contribution >= 4 is 41.0 Å². The first kappa shape index (κ1) is 25.9. The van der Waals surface area contributed by atoms with Gasteiger partial charge in [-0.1, -0.05) is 11.8 Å². The van der Waals surface area contributed by atoms with E-state index in [-0.39, 0.29) is 43.0 Å². The number of fused-ring (bicyclic) bond motifs is 1. The standard InChI is InChI=1S/C11H16F2N3O4P4S.C5H5.Fe/c12-22-14-23(13,16-24(15-22)17-6-3-7-18-24)20-10-21(25,9-19-22)8-11-4-1-2-5-11;1-2-4-5-3-1;/h1-2,4-5H,3,6-10H2;1-5H;/q-1;-5;. The first-order valence-electron chi connectivity index (χ1n) is 9.15. The molecule has 7 nitrogen and oxygen atoms in total. The van der Waals surface area contributed by atoms with Crippen LogP contribution in [0.2, 0.25) is 0 Å². The zero-order chi connectivity index (χ0) is 21.1. The molecule has 3 unspecified atom stereocenters. The van der Waals surface area contributed by atoms with Crippen molar-refractivity contribution in [3.05, 3.63) is 60.2 Å². The van der Waals surface area contributed by atoms with Crippen molar-refractivity contribution < 1.29 is 43.6 Å². The summed E-state index contributed by atoms with van der Waals surface area (Å²) in [5.41, 5.74) is 0.993. The van der Waals surface area contributed by atoms with Crippen LogP contribution in [0.25, 0.3) is 0 Å². The van der Waals surface area contributed by atoms with Crippen LogP contribution in [-0.4, -0.2) is 25.9 Å². The molecule has 15 heteroatoms. The van der Waals surface area contributed by atoms with Crippen LogP contribution in [0, 0.1) is 0 Å².